The molecule has 0 bridgehead atoms. The first-order valence-corrected chi connectivity index (χ1v) is 14.1. The van der Waals surface area contributed by atoms with Gasteiger partial charge in [0.15, 0.2) is 6.61 Å². The number of ether oxygens (including phenoxy) is 1. The number of amides is 2. The van der Waals surface area contributed by atoms with Gasteiger partial charge in [-0.15, -0.1) is 0 Å². The molecule has 3 aromatic rings. The molecule has 2 amide bonds. The van der Waals surface area contributed by atoms with Crippen molar-refractivity contribution < 1.29 is 19.1 Å². The second-order valence-corrected chi connectivity index (χ2v) is 10.6. The molecule has 2 aliphatic carbocycles. The maximum atomic E-state index is 12.8. The molecule has 1 aromatic heterocycles. The van der Waals surface area contributed by atoms with Crippen molar-refractivity contribution in [2.75, 3.05) is 12.4 Å². The summed E-state index contributed by atoms with van der Waals surface area (Å²) < 4.78 is 5.32. The fourth-order valence-corrected chi connectivity index (χ4v) is 6.08. The average Bonchev–Trinajstić information content (AvgIpc) is 2.95. The monoisotopic (exact) mass is 529 g/mol. The van der Waals surface area contributed by atoms with Crippen molar-refractivity contribution in [3.63, 3.8) is 0 Å². The maximum absolute atomic E-state index is 12.8. The van der Waals surface area contributed by atoms with E-state index in [2.05, 4.69) is 33.8 Å². The highest BCUT2D eigenvalue weighted by Gasteiger charge is 2.24. The van der Waals surface area contributed by atoms with Crippen LogP contribution in [-0.4, -0.2) is 35.1 Å². The summed E-state index contributed by atoms with van der Waals surface area (Å²) in [7, 11) is 0. The van der Waals surface area contributed by atoms with E-state index in [1.165, 1.54) is 28.5 Å². The summed E-state index contributed by atoms with van der Waals surface area (Å²) in [6.45, 7) is -0.377. The molecule has 0 saturated heterocycles. The molecule has 0 radical (unpaired) electrons. The molecule has 5 rings (SSSR count). The van der Waals surface area contributed by atoms with Crippen LogP contribution < -0.4 is 10.6 Å². The SMILES string of the molecule is O=C(COC(=O)c1cccnc1SCC(=O)N[C@@H]1CCCc2ccccc21)N[C@@H]1CCCc2ccccc21. The van der Waals surface area contributed by atoms with E-state index in [1.54, 1.807) is 18.3 Å². The molecule has 196 valence electrons. The number of nitrogens with zero attached hydrogens (tertiary/aromatic N) is 1. The molecule has 2 aliphatic rings. The predicted octanol–water partition coefficient (Wildman–Crippen LogP) is 4.72. The number of carbonyl (C=O) groups excluding carboxylic acids is 3. The number of nitrogens with one attached hydrogen (secondary N) is 2. The Morgan fingerprint density at radius 2 is 1.42 bits per heavy atom. The average molecular weight is 530 g/mol. The lowest BCUT2D eigenvalue weighted by Crippen LogP contribution is -2.34. The third-order valence-corrected chi connectivity index (χ3v) is 8.08. The second kappa shape index (κ2) is 12.3. The normalized spacial score (nSPS) is 18.0. The van der Waals surface area contributed by atoms with Crippen molar-refractivity contribution in [1.82, 2.24) is 15.6 Å². The molecular formula is C30H31N3O4S. The molecule has 0 aliphatic heterocycles. The molecule has 0 fully saturated rings. The molecule has 7 nitrogen and oxygen atoms in total. The third-order valence-electron chi connectivity index (χ3n) is 7.07. The summed E-state index contributed by atoms with van der Waals surface area (Å²) in [6.07, 6.45) is 7.40. The Morgan fingerprint density at radius 1 is 0.816 bits per heavy atom. The van der Waals surface area contributed by atoms with E-state index in [1.807, 2.05) is 30.3 Å². The summed E-state index contributed by atoms with van der Waals surface area (Å²) in [5, 5.41) is 6.52. The van der Waals surface area contributed by atoms with Gasteiger partial charge in [-0.3, -0.25) is 9.59 Å². The van der Waals surface area contributed by atoms with Crippen molar-refractivity contribution >= 4 is 29.5 Å². The van der Waals surface area contributed by atoms with Gasteiger partial charge in [0.25, 0.3) is 5.91 Å². The van der Waals surface area contributed by atoms with Crippen LogP contribution in [0, 0.1) is 0 Å². The maximum Gasteiger partial charge on any atom is 0.341 e. The fourth-order valence-electron chi connectivity index (χ4n) is 5.28. The minimum Gasteiger partial charge on any atom is -0.452 e. The highest BCUT2D eigenvalue weighted by Crippen LogP contribution is 2.31. The van der Waals surface area contributed by atoms with E-state index >= 15 is 0 Å². The van der Waals surface area contributed by atoms with E-state index in [4.69, 9.17) is 4.74 Å². The Labute approximate surface area is 226 Å². The quantitative estimate of drug-likeness (QED) is 0.324. The second-order valence-electron chi connectivity index (χ2n) is 9.64. The number of rotatable bonds is 8. The lowest BCUT2D eigenvalue weighted by atomic mass is 9.88. The van der Waals surface area contributed by atoms with Crippen LogP contribution in [0.5, 0.6) is 0 Å². The van der Waals surface area contributed by atoms with E-state index in [9.17, 15) is 14.4 Å². The van der Waals surface area contributed by atoms with Gasteiger partial charge in [0.05, 0.1) is 23.4 Å². The lowest BCUT2D eigenvalue weighted by Gasteiger charge is -2.26. The highest BCUT2D eigenvalue weighted by atomic mass is 32.2. The number of fused-ring (bicyclic) bond motifs is 2. The number of hydrogen-bond donors (Lipinski definition) is 2. The lowest BCUT2D eigenvalue weighted by molar-refractivity contribution is -0.125. The number of hydrogen-bond acceptors (Lipinski definition) is 6. The van der Waals surface area contributed by atoms with E-state index in [0.717, 1.165) is 44.1 Å². The molecule has 2 N–H and O–H groups in total. The zero-order valence-corrected chi connectivity index (χ0v) is 22.0. The number of pyridine rings is 1. The topological polar surface area (TPSA) is 97.4 Å². The van der Waals surface area contributed by atoms with Gasteiger partial charge in [0.1, 0.15) is 5.03 Å². The van der Waals surface area contributed by atoms with Crippen molar-refractivity contribution in [1.29, 1.82) is 0 Å². The minimum atomic E-state index is -0.638. The molecule has 0 spiro atoms. The van der Waals surface area contributed by atoms with Gasteiger partial charge in [-0.2, -0.15) is 0 Å². The Hall–Kier alpha value is -3.65. The van der Waals surface area contributed by atoms with E-state index in [0.29, 0.717) is 5.03 Å². The molecule has 0 unspecified atom stereocenters. The van der Waals surface area contributed by atoms with Crippen LogP contribution in [0.4, 0.5) is 0 Å². The standard InChI is InChI=1S/C30H31N3O4S/c34-27(32-25-15-5-10-20-8-1-3-12-22(20)25)18-37-30(36)24-14-7-17-31-29(24)38-19-28(35)33-26-16-6-11-21-9-2-4-13-23(21)26/h1-4,7-9,12-14,17,25-26H,5-6,10-11,15-16,18-19H2,(H,32,34)(H,33,35)/t25-,26-/m1/s1. The van der Waals surface area contributed by atoms with Crippen molar-refractivity contribution in [3.8, 4) is 0 Å². The first-order chi connectivity index (χ1) is 18.6. The Balaban J connectivity index is 1.13. The van der Waals surface area contributed by atoms with Crippen molar-refractivity contribution in [2.24, 2.45) is 0 Å². The van der Waals surface area contributed by atoms with Crippen LogP contribution >= 0.6 is 11.8 Å². The predicted molar refractivity (Wildman–Crippen MR) is 146 cm³/mol. The van der Waals surface area contributed by atoms with Gasteiger partial charge < -0.3 is 15.4 Å². The first kappa shape index (κ1) is 26.0. The van der Waals surface area contributed by atoms with E-state index < -0.39 is 5.97 Å². The van der Waals surface area contributed by atoms with Gasteiger partial charge >= 0.3 is 5.97 Å². The smallest absolute Gasteiger partial charge is 0.341 e. The molecule has 2 atom stereocenters. The minimum absolute atomic E-state index is 0.00383. The Morgan fingerprint density at radius 3 is 2.08 bits per heavy atom. The largest absolute Gasteiger partial charge is 0.452 e. The summed E-state index contributed by atoms with van der Waals surface area (Å²) in [5.41, 5.74) is 5.07. The van der Waals surface area contributed by atoms with Gasteiger partial charge in [0.2, 0.25) is 5.91 Å². The van der Waals surface area contributed by atoms with Crippen molar-refractivity contribution in [2.45, 2.75) is 55.6 Å². The fraction of sp³-hybridized carbons (Fsp3) is 0.333. The number of benzene rings is 2. The Kier molecular flexibility index (Phi) is 8.38. The first-order valence-electron chi connectivity index (χ1n) is 13.1. The number of carbonyl (C=O) groups is 3. The van der Waals surface area contributed by atoms with Gasteiger partial charge in [0, 0.05) is 6.20 Å². The molecule has 38 heavy (non-hydrogen) atoms. The van der Waals surface area contributed by atoms with Crippen LogP contribution in [-0.2, 0) is 27.2 Å². The Bertz CT molecular complexity index is 1330. The molecule has 1 heterocycles. The van der Waals surface area contributed by atoms with Crippen LogP contribution in [0.2, 0.25) is 0 Å². The van der Waals surface area contributed by atoms with Crippen LogP contribution in [0.1, 0.15) is 70.4 Å². The van der Waals surface area contributed by atoms with Gasteiger partial charge in [-0.05, 0) is 72.9 Å². The zero-order valence-electron chi connectivity index (χ0n) is 21.2. The van der Waals surface area contributed by atoms with E-state index in [-0.39, 0.29) is 41.8 Å². The van der Waals surface area contributed by atoms with Crippen LogP contribution in [0.25, 0.3) is 0 Å². The van der Waals surface area contributed by atoms with Gasteiger partial charge in [-0.25, -0.2) is 9.78 Å². The number of aryl methyl sites for hydroxylation is 2. The summed E-state index contributed by atoms with van der Waals surface area (Å²) in [5.74, 6) is -0.974. The summed E-state index contributed by atoms with van der Waals surface area (Å²) >= 11 is 1.18. The van der Waals surface area contributed by atoms with Crippen LogP contribution in [0.3, 0.4) is 0 Å². The highest BCUT2D eigenvalue weighted by molar-refractivity contribution is 8.00. The summed E-state index contributed by atoms with van der Waals surface area (Å²) in [4.78, 5) is 42.4. The number of thioether (sulfide) groups is 1. The third kappa shape index (κ3) is 6.25. The molecular weight excluding hydrogens is 498 g/mol. The molecule has 2 aromatic carbocycles. The number of aromatic nitrogens is 1. The summed E-state index contributed by atoms with van der Waals surface area (Å²) in [6, 6.07) is 19.5. The van der Waals surface area contributed by atoms with Crippen molar-refractivity contribution in [3.05, 3.63) is 94.7 Å². The molecule has 0 saturated carbocycles. The molecule has 8 heteroatoms. The van der Waals surface area contributed by atoms with Crippen LogP contribution in [0.15, 0.2) is 71.9 Å². The van der Waals surface area contributed by atoms with Gasteiger partial charge in [-0.1, -0.05) is 60.3 Å². The number of esters is 1. The zero-order chi connectivity index (χ0) is 26.3.